The van der Waals surface area contributed by atoms with Crippen LogP contribution in [-0.4, -0.2) is 37.2 Å². The molecule has 1 saturated heterocycles. The molecule has 1 amide bonds. The summed E-state index contributed by atoms with van der Waals surface area (Å²) in [7, 11) is 0. The summed E-state index contributed by atoms with van der Waals surface area (Å²) in [5, 5.41) is 3.99. The van der Waals surface area contributed by atoms with Crippen molar-refractivity contribution in [2.75, 3.05) is 36.5 Å². The number of hydrogen-bond donors (Lipinski definition) is 2. The number of fused-ring (bicyclic) bond motifs is 1. The zero-order chi connectivity index (χ0) is 17.2. The van der Waals surface area contributed by atoms with Gasteiger partial charge in [0.2, 0.25) is 0 Å². The predicted molar refractivity (Wildman–Crippen MR) is 100 cm³/mol. The van der Waals surface area contributed by atoms with Crippen LogP contribution in [0.3, 0.4) is 0 Å². The number of hydrogen-bond acceptors (Lipinski definition) is 3. The summed E-state index contributed by atoms with van der Waals surface area (Å²) < 4.78 is 5.38. The van der Waals surface area contributed by atoms with Gasteiger partial charge < -0.3 is 19.9 Å². The summed E-state index contributed by atoms with van der Waals surface area (Å²) in [6, 6.07) is 15.9. The van der Waals surface area contributed by atoms with Gasteiger partial charge in [0.25, 0.3) is 5.91 Å². The van der Waals surface area contributed by atoms with E-state index in [0.29, 0.717) is 5.69 Å². The number of rotatable bonds is 3. The molecule has 4 rings (SSSR count). The van der Waals surface area contributed by atoms with Crippen molar-refractivity contribution in [3.63, 3.8) is 0 Å². The highest BCUT2D eigenvalue weighted by molar-refractivity contribution is 6.06. The number of amides is 1. The summed E-state index contributed by atoms with van der Waals surface area (Å²) in [5.41, 5.74) is 4.66. The number of ether oxygens (including phenoxy) is 1. The summed E-state index contributed by atoms with van der Waals surface area (Å²) >= 11 is 0. The number of carbonyl (C=O) groups is 1. The van der Waals surface area contributed by atoms with Crippen LogP contribution in [0.2, 0.25) is 0 Å². The number of aromatic amines is 1. The highest BCUT2D eigenvalue weighted by Gasteiger charge is 2.12. The largest absolute Gasteiger partial charge is 0.378 e. The summed E-state index contributed by atoms with van der Waals surface area (Å²) in [6.07, 6.45) is 0. The van der Waals surface area contributed by atoms with Crippen molar-refractivity contribution in [1.82, 2.24) is 4.98 Å². The lowest BCUT2D eigenvalue weighted by Gasteiger charge is -2.28. The van der Waals surface area contributed by atoms with Crippen molar-refractivity contribution in [3.8, 4) is 0 Å². The van der Waals surface area contributed by atoms with E-state index in [2.05, 4.69) is 15.2 Å². The molecule has 0 aliphatic carbocycles. The van der Waals surface area contributed by atoms with Crippen molar-refractivity contribution in [2.24, 2.45) is 0 Å². The number of anilines is 2. The third-order valence-corrected chi connectivity index (χ3v) is 4.52. The molecular weight excluding hydrogens is 314 g/mol. The summed E-state index contributed by atoms with van der Waals surface area (Å²) in [5.74, 6) is -0.132. The molecule has 0 spiro atoms. The maximum absolute atomic E-state index is 12.5. The Kier molecular flexibility index (Phi) is 4.15. The molecule has 25 heavy (non-hydrogen) atoms. The van der Waals surface area contributed by atoms with Crippen molar-refractivity contribution < 1.29 is 9.53 Å². The van der Waals surface area contributed by atoms with Crippen LogP contribution in [0.25, 0.3) is 10.9 Å². The average molecular weight is 335 g/mol. The fraction of sp³-hybridized carbons (Fsp3) is 0.250. The van der Waals surface area contributed by atoms with Crippen LogP contribution in [0.5, 0.6) is 0 Å². The van der Waals surface area contributed by atoms with E-state index in [-0.39, 0.29) is 5.91 Å². The van der Waals surface area contributed by atoms with Gasteiger partial charge in [0, 0.05) is 35.4 Å². The first-order valence-electron chi connectivity index (χ1n) is 8.52. The van der Waals surface area contributed by atoms with Crippen LogP contribution in [0.4, 0.5) is 11.4 Å². The van der Waals surface area contributed by atoms with Gasteiger partial charge in [-0.15, -0.1) is 0 Å². The number of carbonyl (C=O) groups excluding carboxylic acids is 1. The van der Waals surface area contributed by atoms with Crippen LogP contribution in [0.15, 0.2) is 48.5 Å². The molecule has 2 aromatic carbocycles. The van der Waals surface area contributed by atoms with E-state index in [1.54, 1.807) is 0 Å². The number of aryl methyl sites for hydroxylation is 1. The van der Waals surface area contributed by atoms with Crippen LogP contribution in [-0.2, 0) is 4.74 Å². The molecule has 1 aliphatic heterocycles. The van der Waals surface area contributed by atoms with Gasteiger partial charge in [-0.1, -0.05) is 12.1 Å². The van der Waals surface area contributed by atoms with E-state index in [9.17, 15) is 4.79 Å². The first kappa shape index (κ1) is 15.7. The predicted octanol–water partition coefficient (Wildman–Crippen LogP) is 3.57. The smallest absolute Gasteiger partial charge is 0.272 e. The SMILES string of the molecule is Cc1ccc2cc(C(=O)Nc3ccc(N4CCOCC4)cc3)[nH]c2c1. The van der Waals surface area contributed by atoms with Gasteiger partial charge in [-0.3, -0.25) is 4.79 Å². The minimum absolute atomic E-state index is 0.132. The second-order valence-electron chi connectivity index (χ2n) is 6.37. The van der Waals surface area contributed by atoms with E-state index in [1.165, 1.54) is 5.56 Å². The Hall–Kier alpha value is -2.79. The minimum Gasteiger partial charge on any atom is -0.378 e. The number of benzene rings is 2. The normalized spacial score (nSPS) is 14.7. The molecule has 2 N–H and O–H groups in total. The van der Waals surface area contributed by atoms with E-state index >= 15 is 0 Å². The average Bonchev–Trinajstić information content (AvgIpc) is 3.06. The van der Waals surface area contributed by atoms with E-state index in [0.717, 1.165) is 48.6 Å². The molecule has 128 valence electrons. The first-order valence-corrected chi connectivity index (χ1v) is 8.52. The second-order valence-corrected chi connectivity index (χ2v) is 6.37. The molecule has 2 heterocycles. The van der Waals surface area contributed by atoms with Gasteiger partial charge in [0.1, 0.15) is 5.69 Å². The highest BCUT2D eigenvalue weighted by atomic mass is 16.5. The summed E-state index contributed by atoms with van der Waals surface area (Å²) in [4.78, 5) is 18.0. The van der Waals surface area contributed by atoms with Crippen LogP contribution < -0.4 is 10.2 Å². The molecule has 0 saturated carbocycles. The van der Waals surface area contributed by atoms with Gasteiger partial charge >= 0.3 is 0 Å². The topological polar surface area (TPSA) is 57.4 Å². The van der Waals surface area contributed by atoms with Crippen molar-refractivity contribution in [2.45, 2.75) is 6.92 Å². The van der Waals surface area contributed by atoms with Crippen LogP contribution in [0, 0.1) is 6.92 Å². The first-order chi connectivity index (χ1) is 12.2. The maximum atomic E-state index is 12.5. The third-order valence-electron chi connectivity index (χ3n) is 4.52. The number of H-pyrrole nitrogens is 1. The van der Waals surface area contributed by atoms with Crippen LogP contribution in [0.1, 0.15) is 16.1 Å². The second kappa shape index (κ2) is 6.61. The lowest BCUT2D eigenvalue weighted by Crippen LogP contribution is -2.36. The maximum Gasteiger partial charge on any atom is 0.272 e. The lowest BCUT2D eigenvalue weighted by atomic mass is 10.2. The highest BCUT2D eigenvalue weighted by Crippen LogP contribution is 2.21. The fourth-order valence-electron chi connectivity index (χ4n) is 3.14. The molecule has 1 fully saturated rings. The van der Waals surface area contributed by atoms with Gasteiger partial charge in [0.15, 0.2) is 0 Å². The number of nitrogens with zero attached hydrogens (tertiary/aromatic N) is 1. The quantitative estimate of drug-likeness (QED) is 0.769. The summed E-state index contributed by atoms with van der Waals surface area (Å²) in [6.45, 7) is 5.37. The fourth-order valence-corrected chi connectivity index (χ4v) is 3.14. The monoisotopic (exact) mass is 335 g/mol. The number of nitrogens with one attached hydrogen (secondary N) is 2. The molecule has 1 aromatic heterocycles. The molecule has 0 atom stereocenters. The molecule has 1 aliphatic rings. The van der Waals surface area contributed by atoms with Gasteiger partial charge in [0.05, 0.1) is 13.2 Å². The molecular formula is C20H21N3O2. The lowest BCUT2D eigenvalue weighted by molar-refractivity contribution is 0.102. The molecule has 0 unspecified atom stereocenters. The Morgan fingerprint density at radius 1 is 1.08 bits per heavy atom. The van der Waals surface area contributed by atoms with Crippen molar-refractivity contribution >= 4 is 28.2 Å². The van der Waals surface area contributed by atoms with E-state index in [4.69, 9.17) is 4.74 Å². The van der Waals surface area contributed by atoms with Crippen molar-refractivity contribution in [1.29, 1.82) is 0 Å². The van der Waals surface area contributed by atoms with Gasteiger partial charge in [-0.2, -0.15) is 0 Å². The third kappa shape index (κ3) is 3.37. The van der Waals surface area contributed by atoms with Gasteiger partial charge in [-0.05, 0) is 48.9 Å². The van der Waals surface area contributed by atoms with Crippen molar-refractivity contribution in [3.05, 3.63) is 59.8 Å². The molecule has 0 radical (unpaired) electrons. The Morgan fingerprint density at radius 2 is 1.84 bits per heavy atom. The molecule has 0 bridgehead atoms. The van der Waals surface area contributed by atoms with E-state index in [1.807, 2.05) is 55.5 Å². The molecule has 3 aromatic rings. The standard InChI is InChI=1S/C20H21N3O2/c1-14-2-3-15-13-19(22-18(15)12-14)20(24)21-16-4-6-17(7-5-16)23-8-10-25-11-9-23/h2-7,12-13,22H,8-11H2,1H3,(H,21,24). The Balaban J connectivity index is 1.47. The zero-order valence-corrected chi connectivity index (χ0v) is 14.2. The molecule has 5 heteroatoms. The molecule has 5 nitrogen and oxygen atoms in total. The van der Waals surface area contributed by atoms with Gasteiger partial charge in [-0.25, -0.2) is 0 Å². The minimum atomic E-state index is -0.132. The van der Waals surface area contributed by atoms with Crippen LogP contribution >= 0.6 is 0 Å². The van der Waals surface area contributed by atoms with E-state index < -0.39 is 0 Å². The number of aromatic nitrogens is 1. The zero-order valence-electron chi connectivity index (χ0n) is 14.2. The number of morpholine rings is 1. The Labute approximate surface area is 146 Å². The Bertz CT molecular complexity index is 893. The Morgan fingerprint density at radius 3 is 2.60 bits per heavy atom.